The average Bonchev–Trinajstić information content (AvgIpc) is 3.03. The standard InChI is InChI=1S/C18H22ClN3O5S/c1-12(18(25)21-5-7-28(26,27)8-6-21)20-17(24)13-9-16(23)22(11-13)15-4-2-3-14(19)10-15/h2-4,10,12-13H,5-9,11H2,1H3,(H,20,24). The van der Waals surface area contributed by atoms with E-state index in [4.69, 9.17) is 11.6 Å². The summed E-state index contributed by atoms with van der Waals surface area (Å²) in [5.41, 5.74) is 0.631. The molecule has 0 aromatic heterocycles. The fraction of sp³-hybridized carbons (Fsp3) is 0.500. The number of benzene rings is 1. The van der Waals surface area contributed by atoms with Crippen molar-refractivity contribution in [2.45, 2.75) is 19.4 Å². The summed E-state index contributed by atoms with van der Waals surface area (Å²) < 4.78 is 23.0. The molecule has 28 heavy (non-hydrogen) atoms. The maximum Gasteiger partial charge on any atom is 0.244 e. The highest BCUT2D eigenvalue weighted by Crippen LogP contribution is 2.27. The summed E-state index contributed by atoms with van der Waals surface area (Å²) in [7, 11) is -3.09. The summed E-state index contributed by atoms with van der Waals surface area (Å²) >= 11 is 5.97. The first kappa shape index (κ1) is 20.6. The second-order valence-corrected chi connectivity index (χ2v) is 9.83. The topological polar surface area (TPSA) is 104 Å². The molecule has 2 atom stereocenters. The molecule has 3 amide bonds. The Kier molecular flexibility index (Phi) is 5.95. The molecule has 2 fully saturated rings. The lowest BCUT2D eigenvalue weighted by Gasteiger charge is -2.29. The van der Waals surface area contributed by atoms with Gasteiger partial charge < -0.3 is 15.1 Å². The molecule has 0 aliphatic carbocycles. The van der Waals surface area contributed by atoms with E-state index < -0.39 is 21.8 Å². The smallest absolute Gasteiger partial charge is 0.244 e. The van der Waals surface area contributed by atoms with Crippen molar-refractivity contribution in [1.29, 1.82) is 0 Å². The maximum atomic E-state index is 12.6. The summed E-state index contributed by atoms with van der Waals surface area (Å²) in [6.07, 6.45) is 0.0568. The SMILES string of the molecule is CC(NC(=O)C1CC(=O)N(c2cccc(Cl)c2)C1)C(=O)N1CCS(=O)(=O)CC1. The van der Waals surface area contributed by atoms with Crippen LogP contribution in [-0.4, -0.2) is 68.2 Å². The van der Waals surface area contributed by atoms with E-state index in [1.807, 2.05) is 0 Å². The number of nitrogens with one attached hydrogen (secondary N) is 1. The first-order valence-electron chi connectivity index (χ1n) is 9.02. The number of anilines is 1. The number of hydrogen-bond acceptors (Lipinski definition) is 5. The molecule has 0 saturated carbocycles. The van der Waals surface area contributed by atoms with Crippen molar-refractivity contribution in [2.24, 2.45) is 5.92 Å². The molecule has 3 rings (SSSR count). The molecule has 1 aromatic carbocycles. The van der Waals surface area contributed by atoms with Gasteiger partial charge in [-0.2, -0.15) is 0 Å². The fourth-order valence-electron chi connectivity index (χ4n) is 3.38. The summed E-state index contributed by atoms with van der Waals surface area (Å²) in [5.74, 6) is -1.57. The van der Waals surface area contributed by atoms with Crippen molar-refractivity contribution in [3.05, 3.63) is 29.3 Å². The number of halogens is 1. The molecular weight excluding hydrogens is 406 g/mol. The van der Waals surface area contributed by atoms with Crippen LogP contribution in [0.1, 0.15) is 13.3 Å². The van der Waals surface area contributed by atoms with Crippen LogP contribution in [0, 0.1) is 5.92 Å². The number of hydrogen-bond donors (Lipinski definition) is 1. The van der Waals surface area contributed by atoms with Gasteiger partial charge in [0.2, 0.25) is 17.7 Å². The van der Waals surface area contributed by atoms with Crippen LogP contribution >= 0.6 is 11.6 Å². The van der Waals surface area contributed by atoms with Crippen molar-refractivity contribution < 1.29 is 22.8 Å². The Bertz CT molecular complexity index is 890. The van der Waals surface area contributed by atoms with Crippen LogP contribution in [0.3, 0.4) is 0 Å². The van der Waals surface area contributed by atoms with Crippen LogP contribution < -0.4 is 10.2 Å². The summed E-state index contributed by atoms with van der Waals surface area (Å²) in [6.45, 7) is 2.04. The monoisotopic (exact) mass is 427 g/mol. The second kappa shape index (κ2) is 8.08. The molecule has 2 aliphatic heterocycles. The lowest BCUT2D eigenvalue weighted by atomic mass is 10.1. The maximum absolute atomic E-state index is 12.6. The van der Waals surface area contributed by atoms with Crippen LogP contribution in [-0.2, 0) is 24.2 Å². The normalized spacial score (nSPS) is 22.8. The van der Waals surface area contributed by atoms with Crippen molar-refractivity contribution in [1.82, 2.24) is 10.2 Å². The van der Waals surface area contributed by atoms with Crippen molar-refractivity contribution >= 4 is 44.8 Å². The molecule has 152 valence electrons. The summed E-state index contributed by atoms with van der Waals surface area (Å²) in [6, 6.07) is 6.06. The Labute approximate surface area is 168 Å². The van der Waals surface area contributed by atoms with E-state index in [1.54, 1.807) is 31.2 Å². The molecule has 2 unspecified atom stereocenters. The zero-order valence-electron chi connectivity index (χ0n) is 15.4. The summed E-state index contributed by atoms with van der Waals surface area (Å²) in [4.78, 5) is 40.3. The van der Waals surface area contributed by atoms with Gasteiger partial charge in [0.15, 0.2) is 9.84 Å². The van der Waals surface area contributed by atoms with Gasteiger partial charge in [0.1, 0.15) is 6.04 Å². The van der Waals surface area contributed by atoms with Gasteiger partial charge in [-0.05, 0) is 25.1 Å². The molecule has 2 saturated heterocycles. The quantitative estimate of drug-likeness (QED) is 0.751. The van der Waals surface area contributed by atoms with Gasteiger partial charge >= 0.3 is 0 Å². The third-order valence-corrected chi connectivity index (χ3v) is 6.85. The van der Waals surface area contributed by atoms with E-state index in [9.17, 15) is 22.8 Å². The third-order valence-electron chi connectivity index (χ3n) is 5.00. The largest absolute Gasteiger partial charge is 0.344 e. The highest BCUT2D eigenvalue weighted by atomic mass is 35.5. The van der Waals surface area contributed by atoms with Gasteiger partial charge in [-0.3, -0.25) is 14.4 Å². The third kappa shape index (κ3) is 4.64. The molecule has 1 N–H and O–H groups in total. The number of carbonyl (C=O) groups excluding carboxylic acids is 3. The second-order valence-electron chi connectivity index (χ2n) is 7.09. The molecule has 2 aliphatic rings. The zero-order chi connectivity index (χ0) is 20.5. The summed E-state index contributed by atoms with van der Waals surface area (Å²) in [5, 5.41) is 3.16. The lowest BCUT2D eigenvalue weighted by Crippen LogP contribution is -2.52. The Morgan fingerprint density at radius 1 is 1.25 bits per heavy atom. The fourth-order valence-corrected chi connectivity index (χ4v) is 4.76. The van der Waals surface area contributed by atoms with Gasteiger partial charge in [-0.1, -0.05) is 17.7 Å². The van der Waals surface area contributed by atoms with Crippen LogP contribution in [0.4, 0.5) is 5.69 Å². The van der Waals surface area contributed by atoms with E-state index >= 15 is 0 Å². The predicted molar refractivity (Wildman–Crippen MR) is 105 cm³/mol. The van der Waals surface area contributed by atoms with Gasteiger partial charge in [0.05, 0.1) is 17.4 Å². The van der Waals surface area contributed by atoms with E-state index in [-0.39, 0.29) is 55.3 Å². The first-order chi connectivity index (χ1) is 13.2. The molecule has 0 spiro atoms. The van der Waals surface area contributed by atoms with Gasteiger partial charge in [0.25, 0.3) is 0 Å². The van der Waals surface area contributed by atoms with E-state index in [2.05, 4.69) is 5.32 Å². The molecule has 8 nitrogen and oxygen atoms in total. The van der Waals surface area contributed by atoms with Crippen LogP contribution in [0.5, 0.6) is 0 Å². The number of rotatable bonds is 4. The van der Waals surface area contributed by atoms with E-state index in [1.165, 1.54) is 9.80 Å². The van der Waals surface area contributed by atoms with E-state index in [0.29, 0.717) is 10.7 Å². The van der Waals surface area contributed by atoms with Crippen LogP contribution in [0.15, 0.2) is 24.3 Å². The first-order valence-corrected chi connectivity index (χ1v) is 11.2. The van der Waals surface area contributed by atoms with Gasteiger partial charge in [-0.15, -0.1) is 0 Å². The van der Waals surface area contributed by atoms with Crippen LogP contribution in [0.2, 0.25) is 5.02 Å². The molecule has 2 heterocycles. The minimum Gasteiger partial charge on any atom is -0.344 e. The Balaban J connectivity index is 1.57. The highest BCUT2D eigenvalue weighted by molar-refractivity contribution is 7.91. The Hall–Kier alpha value is -2.13. The van der Waals surface area contributed by atoms with Gasteiger partial charge in [-0.25, -0.2) is 8.42 Å². The Morgan fingerprint density at radius 3 is 2.57 bits per heavy atom. The molecule has 0 bridgehead atoms. The van der Waals surface area contributed by atoms with Crippen molar-refractivity contribution in [3.63, 3.8) is 0 Å². The predicted octanol–water partition coefficient (Wildman–Crippen LogP) is 0.455. The molecule has 10 heteroatoms. The number of sulfone groups is 1. The highest BCUT2D eigenvalue weighted by Gasteiger charge is 2.37. The molecule has 0 radical (unpaired) electrons. The molecule has 1 aromatic rings. The minimum absolute atomic E-state index is 0.0568. The van der Waals surface area contributed by atoms with Crippen molar-refractivity contribution in [3.8, 4) is 0 Å². The minimum atomic E-state index is -3.09. The molecular formula is C18H22ClN3O5S. The number of carbonyl (C=O) groups is 3. The average molecular weight is 428 g/mol. The van der Waals surface area contributed by atoms with Crippen LogP contribution in [0.25, 0.3) is 0 Å². The number of nitrogens with zero attached hydrogens (tertiary/aromatic N) is 2. The lowest BCUT2D eigenvalue weighted by molar-refractivity contribution is -0.136. The van der Waals surface area contributed by atoms with E-state index in [0.717, 1.165) is 0 Å². The van der Waals surface area contributed by atoms with Gasteiger partial charge in [0, 0.05) is 36.8 Å². The number of amides is 3. The zero-order valence-corrected chi connectivity index (χ0v) is 17.0. The van der Waals surface area contributed by atoms with Crippen molar-refractivity contribution in [2.75, 3.05) is 36.0 Å². The Morgan fingerprint density at radius 2 is 1.93 bits per heavy atom.